The number of rotatable bonds is 2. The van der Waals surface area contributed by atoms with Crippen molar-refractivity contribution in [2.24, 2.45) is 0 Å². The zero-order chi connectivity index (χ0) is 17.3. The molecule has 126 valence electrons. The summed E-state index contributed by atoms with van der Waals surface area (Å²) in [5.41, 5.74) is -0.0889. The Kier molecular flexibility index (Phi) is 4.42. The van der Waals surface area contributed by atoms with Gasteiger partial charge in [0.2, 0.25) is 0 Å². The number of likely N-dealkylation sites (tertiary alicyclic amines) is 1. The van der Waals surface area contributed by atoms with Crippen LogP contribution in [0.15, 0.2) is 36.4 Å². The van der Waals surface area contributed by atoms with E-state index in [0.717, 1.165) is 0 Å². The zero-order valence-electron chi connectivity index (χ0n) is 12.5. The molecule has 0 aliphatic carbocycles. The molecular formula is C17H14F4N2O. The van der Waals surface area contributed by atoms with E-state index in [1.54, 1.807) is 12.1 Å². The molecule has 0 radical (unpaired) electrons. The van der Waals surface area contributed by atoms with Gasteiger partial charge in [-0.1, -0.05) is 12.1 Å². The Balaban J connectivity index is 1.82. The third-order valence-corrected chi connectivity index (χ3v) is 3.99. The summed E-state index contributed by atoms with van der Waals surface area (Å²) in [4.78, 5) is 13.8. The highest BCUT2D eigenvalue weighted by atomic mass is 19.1. The number of hydrogen-bond donors (Lipinski definition) is 1. The van der Waals surface area contributed by atoms with Crippen molar-refractivity contribution < 1.29 is 22.4 Å². The van der Waals surface area contributed by atoms with Gasteiger partial charge in [0.05, 0.1) is 6.04 Å². The number of urea groups is 1. The molecule has 0 saturated carbocycles. The Labute approximate surface area is 135 Å². The third kappa shape index (κ3) is 3.20. The van der Waals surface area contributed by atoms with Crippen molar-refractivity contribution >= 4 is 11.7 Å². The first kappa shape index (κ1) is 16.3. The second kappa shape index (κ2) is 6.51. The van der Waals surface area contributed by atoms with Crippen molar-refractivity contribution in [2.45, 2.75) is 18.9 Å². The Morgan fingerprint density at radius 3 is 2.42 bits per heavy atom. The number of nitrogens with zero attached hydrogens (tertiary/aromatic N) is 1. The molecule has 1 aliphatic heterocycles. The van der Waals surface area contributed by atoms with Crippen LogP contribution in [0, 0.1) is 23.3 Å². The quantitative estimate of drug-likeness (QED) is 0.797. The minimum Gasteiger partial charge on any atom is -0.317 e. The summed E-state index contributed by atoms with van der Waals surface area (Å²) in [6.45, 7) is 0.372. The molecular weight excluding hydrogens is 324 g/mol. The van der Waals surface area contributed by atoms with Crippen LogP contribution in [-0.2, 0) is 0 Å². The minimum absolute atomic E-state index is 0.372. The first-order valence-corrected chi connectivity index (χ1v) is 7.43. The molecule has 1 saturated heterocycles. The Hall–Kier alpha value is -2.57. The van der Waals surface area contributed by atoms with Gasteiger partial charge in [-0.25, -0.2) is 22.4 Å². The molecule has 1 fully saturated rings. The van der Waals surface area contributed by atoms with Gasteiger partial charge < -0.3 is 10.2 Å². The number of carbonyl (C=O) groups excluding carboxylic acids is 1. The summed E-state index contributed by atoms with van der Waals surface area (Å²) in [6, 6.07) is 5.75. The van der Waals surface area contributed by atoms with Gasteiger partial charge in [-0.3, -0.25) is 0 Å². The largest absolute Gasteiger partial charge is 0.322 e. The van der Waals surface area contributed by atoms with Crippen molar-refractivity contribution in [3.05, 3.63) is 65.2 Å². The van der Waals surface area contributed by atoms with Crippen LogP contribution in [-0.4, -0.2) is 17.5 Å². The third-order valence-electron chi connectivity index (χ3n) is 3.99. The summed E-state index contributed by atoms with van der Waals surface area (Å²) in [6.07, 6.45) is 1.30. The van der Waals surface area contributed by atoms with Crippen molar-refractivity contribution in [1.29, 1.82) is 0 Å². The van der Waals surface area contributed by atoms with Gasteiger partial charge >= 0.3 is 6.03 Å². The Bertz CT molecular complexity index is 758. The van der Waals surface area contributed by atoms with E-state index in [0.29, 0.717) is 37.1 Å². The van der Waals surface area contributed by atoms with Crippen molar-refractivity contribution in [3.63, 3.8) is 0 Å². The molecule has 0 unspecified atom stereocenters. The summed E-state index contributed by atoms with van der Waals surface area (Å²) >= 11 is 0. The lowest BCUT2D eigenvalue weighted by Gasteiger charge is -2.25. The first-order valence-electron chi connectivity index (χ1n) is 7.43. The van der Waals surface area contributed by atoms with Crippen LogP contribution < -0.4 is 5.32 Å². The molecule has 7 heteroatoms. The Morgan fingerprint density at radius 2 is 1.75 bits per heavy atom. The van der Waals surface area contributed by atoms with E-state index in [1.807, 2.05) is 0 Å². The molecule has 0 aromatic heterocycles. The lowest BCUT2D eigenvalue weighted by molar-refractivity contribution is 0.206. The summed E-state index contributed by atoms with van der Waals surface area (Å²) in [7, 11) is 0. The molecule has 1 N–H and O–H groups in total. The van der Waals surface area contributed by atoms with Gasteiger partial charge in [0.25, 0.3) is 0 Å². The van der Waals surface area contributed by atoms with E-state index in [4.69, 9.17) is 0 Å². The minimum atomic E-state index is -1.19. The lowest BCUT2D eigenvalue weighted by atomic mass is 10.0. The molecule has 24 heavy (non-hydrogen) atoms. The maximum Gasteiger partial charge on any atom is 0.322 e. The van der Waals surface area contributed by atoms with Crippen LogP contribution >= 0.6 is 0 Å². The normalized spacial score (nSPS) is 17.2. The number of nitrogens with one attached hydrogen (secondary N) is 1. The molecule has 3 rings (SSSR count). The topological polar surface area (TPSA) is 32.3 Å². The number of carbonyl (C=O) groups is 1. The SMILES string of the molecule is O=C(Nc1c(F)cc(F)cc1F)N1CCC[C@H]1c1cccc(F)c1. The van der Waals surface area contributed by atoms with Gasteiger partial charge in [-0.05, 0) is 30.5 Å². The molecule has 1 atom stereocenters. The van der Waals surface area contributed by atoms with E-state index in [1.165, 1.54) is 17.0 Å². The fourth-order valence-corrected chi connectivity index (χ4v) is 2.91. The summed E-state index contributed by atoms with van der Waals surface area (Å²) in [5.74, 6) is -3.87. The number of hydrogen-bond acceptors (Lipinski definition) is 1. The smallest absolute Gasteiger partial charge is 0.317 e. The standard InChI is InChI=1S/C17H14F4N2O/c18-11-4-1-3-10(7-11)15-5-2-6-23(15)17(24)22-16-13(20)8-12(19)9-14(16)21/h1,3-4,7-9,15H,2,5-6H2,(H,22,24)/t15-/m0/s1. The summed E-state index contributed by atoms with van der Waals surface area (Å²) in [5, 5.41) is 2.14. The van der Waals surface area contributed by atoms with Crippen molar-refractivity contribution in [1.82, 2.24) is 4.90 Å². The van der Waals surface area contributed by atoms with Crippen LogP contribution in [0.3, 0.4) is 0 Å². The average molecular weight is 338 g/mol. The zero-order valence-corrected chi connectivity index (χ0v) is 12.5. The number of halogens is 4. The van der Waals surface area contributed by atoms with E-state index in [9.17, 15) is 22.4 Å². The predicted molar refractivity (Wildman–Crippen MR) is 80.4 cm³/mol. The van der Waals surface area contributed by atoms with Crippen molar-refractivity contribution in [2.75, 3.05) is 11.9 Å². The second-order valence-corrected chi connectivity index (χ2v) is 5.58. The van der Waals surface area contributed by atoms with Gasteiger partial charge in [-0.2, -0.15) is 0 Å². The van der Waals surface area contributed by atoms with E-state index in [-0.39, 0.29) is 6.04 Å². The molecule has 2 aromatic rings. The van der Waals surface area contributed by atoms with Crippen LogP contribution in [0.5, 0.6) is 0 Å². The van der Waals surface area contributed by atoms with E-state index >= 15 is 0 Å². The number of benzene rings is 2. The van der Waals surface area contributed by atoms with Gasteiger partial charge in [0, 0.05) is 18.7 Å². The first-order chi connectivity index (χ1) is 11.5. The predicted octanol–water partition coefficient (Wildman–Crippen LogP) is 4.61. The molecule has 2 amide bonds. The average Bonchev–Trinajstić information content (AvgIpc) is 3.00. The van der Waals surface area contributed by atoms with Crippen molar-refractivity contribution in [3.8, 4) is 0 Å². The molecule has 2 aromatic carbocycles. The number of anilines is 1. The lowest BCUT2D eigenvalue weighted by Crippen LogP contribution is -2.35. The second-order valence-electron chi connectivity index (χ2n) is 5.58. The monoisotopic (exact) mass is 338 g/mol. The molecule has 0 bridgehead atoms. The van der Waals surface area contributed by atoms with Gasteiger partial charge in [-0.15, -0.1) is 0 Å². The van der Waals surface area contributed by atoms with E-state index < -0.39 is 35.0 Å². The van der Waals surface area contributed by atoms with Crippen LogP contribution in [0.4, 0.5) is 28.0 Å². The van der Waals surface area contributed by atoms with Crippen LogP contribution in [0.1, 0.15) is 24.4 Å². The molecule has 1 aliphatic rings. The van der Waals surface area contributed by atoms with Crippen LogP contribution in [0.2, 0.25) is 0 Å². The molecule has 0 spiro atoms. The fourth-order valence-electron chi connectivity index (χ4n) is 2.91. The molecule has 3 nitrogen and oxygen atoms in total. The maximum atomic E-state index is 13.7. The van der Waals surface area contributed by atoms with Crippen LogP contribution in [0.25, 0.3) is 0 Å². The Morgan fingerprint density at radius 1 is 1.04 bits per heavy atom. The van der Waals surface area contributed by atoms with E-state index in [2.05, 4.69) is 5.32 Å². The highest BCUT2D eigenvalue weighted by Gasteiger charge is 2.31. The highest BCUT2D eigenvalue weighted by molar-refractivity contribution is 5.90. The number of amides is 2. The van der Waals surface area contributed by atoms with Gasteiger partial charge in [0.1, 0.15) is 17.3 Å². The fraction of sp³-hybridized carbons (Fsp3) is 0.235. The molecule has 1 heterocycles. The maximum absolute atomic E-state index is 13.7. The van der Waals surface area contributed by atoms with Gasteiger partial charge in [0.15, 0.2) is 11.6 Å². The highest BCUT2D eigenvalue weighted by Crippen LogP contribution is 2.33. The summed E-state index contributed by atoms with van der Waals surface area (Å²) < 4.78 is 53.7.